The Balaban J connectivity index is 1.25. The van der Waals surface area contributed by atoms with Gasteiger partial charge >= 0.3 is 12.1 Å². The largest absolute Gasteiger partial charge is 0.415 e. The molecule has 1 aromatic carbocycles. The number of carbonyl (C=O) groups excluding carboxylic acids is 1. The highest BCUT2D eigenvalue weighted by Crippen LogP contribution is 2.28. The van der Waals surface area contributed by atoms with Crippen molar-refractivity contribution < 1.29 is 22.4 Å². The number of pyridine rings is 1. The lowest BCUT2D eigenvalue weighted by Crippen LogP contribution is -2.41. The zero-order valence-corrected chi connectivity index (χ0v) is 20.8. The van der Waals surface area contributed by atoms with Crippen molar-refractivity contribution >= 4 is 16.9 Å². The summed E-state index contributed by atoms with van der Waals surface area (Å²) in [7, 11) is 0. The molecule has 0 spiro atoms. The van der Waals surface area contributed by atoms with Gasteiger partial charge in [0.15, 0.2) is 0 Å². The minimum atomic E-state index is -2.88. The summed E-state index contributed by atoms with van der Waals surface area (Å²) in [6, 6.07) is 7.17. The minimum Gasteiger partial charge on any atom is -0.415 e. The van der Waals surface area contributed by atoms with Crippen LogP contribution in [0.3, 0.4) is 0 Å². The third-order valence-corrected chi connectivity index (χ3v) is 6.87. The molecule has 0 bridgehead atoms. The number of hydrogen-bond donors (Lipinski definition) is 0. The van der Waals surface area contributed by atoms with Crippen molar-refractivity contribution in [1.29, 1.82) is 0 Å². The van der Waals surface area contributed by atoms with Crippen molar-refractivity contribution in [3.63, 3.8) is 0 Å². The fourth-order valence-electron chi connectivity index (χ4n) is 4.92. The maximum atomic E-state index is 14.3. The van der Waals surface area contributed by atoms with E-state index in [-0.39, 0.29) is 30.1 Å². The van der Waals surface area contributed by atoms with E-state index in [0.717, 1.165) is 0 Å². The Bertz CT molecular complexity index is 1730. The second-order valence-electron chi connectivity index (χ2n) is 9.31. The van der Waals surface area contributed by atoms with Crippen LogP contribution in [-0.4, -0.2) is 58.2 Å². The third kappa shape index (κ3) is 4.72. The Morgan fingerprint density at radius 2 is 1.80 bits per heavy atom. The molecule has 11 nitrogen and oxygen atoms in total. The lowest BCUT2D eigenvalue weighted by atomic mass is 10.0. The number of likely N-dealkylation sites (tertiary alicyclic amines) is 1. The number of hydrogen-bond acceptors (Lipinski definition) is 8. The van der Waals surface area contributed by atoms with Gasteiger partial charge in [-0.15, -0.1) is 10.2 Å². The number of rotatable bonds is 6. The van der Waals surface area contributed by atoms with Gasteiger partial charge in [0.2, 0.25) is 5.89 Å². The first kappa shape index (κ1) is 25.4. The van der Waals surface area contributed by atoms with Crippen LogP contribution in [0.1, 0.15) is 47.3 Å². The first-order chi connectivity index (χ1) is 19.4. The zero-order valence-electron chi connectivity index (χ0n) is 20.8. The van der Waals surface area contributed by atoms with Crippen molar-refractivity contribution in [2.45, 2.75) is 31.9 Å². The molecule has 0 atom stereocenters. The Morgan fingerprint density at radius 3 is 2.48 bits per heavy atom. The molecule has 5 aromatic rings. The molecule has 6 rings (SSSR count). The summed E-state index contributed by atoms with van der Waals surface area (Å²) in [4.78, 5) is 40.3. The molecule has 5 heterocycles. The molecule has 4 aromatic heterocycles. The predicted molar refractivity (Wildman–Crippen MR) is 134 cm³/mol. The van der Waals surface area contributed by atoms with Crippen LogP contribution in [0, 0.1) is 5.82 Å². The zero-order chi connectivity index (χ0) is 27.8. The van der Waals surface area contributed by atoms with E-state index in [2.05, 4.69) is 25.1 Å². The highest BCUT2D eigenvalue weighted by Gasteiger charge is 2.28. The molecule has 0 saturated carbocycles. The van der Waals surface area contributed by atoms with E-state index in [9.17, 15) is 22.8 Å². The minimum absolute atomic E-state index is 0.0452. The van der Waals surface area contributed by atoms with Gasteiger partial charge in [-0.3, -0.25) is 18.9 Å². The highest BCUT2D eigenvalue weighted by molar-refractivity contribution is 5.93. The second kappa shape index (κ2) is 10.4. The van der Waals surface area contributed by atoms with E-state index in [1.54, 1.807) is 27.7 Å². The molecule has 204 valence electrons. The van der Waals surface area contributed by atoms with Crippen molar-refractivity contribution in [3.8, 4) is 11.5 Å². The molecule has 1 amide bonds. The van der Waals surface area contributed by atoms with Gasteiger partial charge in [0.1, 0.15) is 12.1 Å². The van der Waals surface area contributed by atoms with Crippen LogP contribution < -0.4 is 5.69 Å². The Hall–Kier alpha value is -4.88. The van der Waals surface area contributed by atoms with Gasteiger partial charge in [-0.25, -0.2) is 19.2 Å². The molecule has 14 heteroatoms. The Morgan fingerprint density at radius 1 is 1.02 bits per heavy atom. The number of piperidine rings is 1. The molecule has 1 aliphatic rings. The van der Waals surface area contributed by atoms with E-state index < -0.39 is 18.1 Å². The quantitative estimate of drug-likeness (QED) is 0.314. The summed E-state index contributed by atoms with van der Waals surface area (Å²) in [5, 5.41) is 6.91. The number of nitrogens with zero attached hydrogens (tertiary/aromatic N) is 8. The number of fused-ring (bicyclic) bond motifs is 1. The lowest BCUT2D eigenvalue weighted by Gasteiger charge is -2.32. The van der Waals surface area contributed by atoms with Gasteiger partial charge in [-0.2, -0.15) is 8.78 Å². The second-order valence-corrected chi connectivity index (χ2v) is 9.31. The topological polar surface area (TPSA) is 125 Å². The molecular formula is C26H21F3N8O3. The summed E-state index contributed by atoms with van der Waals surface area (Å²) in [6.07, 6.45) is 3.87. The fourth-order valence-corrected chi connectivity index (χ4v) is 4.92. The van der Waals surface area contributed by atoms with Crippen LogP contribution in [0.15, 0.2) is 64.5 Å². The summed E-state index contributed by atoms with van der Waals surface area (Å²) in [6.45, 7) is 0.916. The average molecular weight is 551 g/mol. The average Bonchev–Trinajstić information content (AvgIpc) is 3.57. The predicted octanol–water partition coefficient (Wildman–Crippen LogP) is 3.64. The van der Waals surface area contributed by atoms with Crippen molar-refractivity contribution in [3.05, 3.63) is 88.7 Å². The molecule has 40 heavy (non-hydrogen) atoms. The number of halogens is 3. The van der Waals surface area contributed by atoms with E-state index in [4.69, 9.17) is 4.42 Å². The van der Waals surface area contributed by atoms with Crippen molar-refractivity contribution in [2.24, 2.45) is 0 Å². The summed E-state index contributed by atoms with van der Waals surface area (Å²) in [5.74, 6) is -1.55. The van der Waals surface area contributed by atoms with E-state index in [1.165, 1.54) is 41.6 Å². The fraction of sp³-hybridized carbons (Fsp3) is 0.269. The van der Waals surface area contributed by atoms with Gasteiger partial charge in [0.05, 0.1) is 34.4 Å². The van der Waals surface area contributed by atoms with Crippen molar-refractivity contribution in [2.75, 3.05) is 13.1 Å². The van der Waals surface area contributed by atoms with Gasteiger partial charge < -0.3 is 9.32 Å². The van der Waals surface area contributed by atoms with Crippen LogP contribution >= 0.6 is 0 Å². The number of carbonyl (C=O) groups is 1. The molecular weight excluding hydrogens is 529 g/mol. The van der Waals surface area contributed by atoms with Gasteiger partial charge in [0, 0.05) is 37.7 Å². The third-order valence-electron chi connectivity index (χ3n) is 6.87. The number of benzene rings is 1. The Labute approximate surface area is 223 Å². The molecule has 0 radical (unpaired) electrons. The smallest absolute Gasteiger partial charge is 0.329 e. The summed E-state index contributed by atoms with van der Waals surface area (Å²) < 4.78 is 47.8. The summed E-state index contributed by atoms with van der Waals surface area (Å²) >= 11 is 0. The van der Waals surface area contributed by atoms with E-state index in [1.807, 2.05) is 0 Å². The van der Waals surface area contributed by atoms with Gasteiger partial charge in [-0.1, -0.05) is 0 Å². The highest BCUT2D eigenvalue weighted by atomic mass is 19.3. The van der Waals surface area contributed by atoms with Crippen LogP contribution in [-0.2, 0) is 6.54 Å². The molecule has 1 fully saturated rings. The molecule has 1 aliphatic heterocycles. The van der Waals surface area contributed by atoms with E-state index >= 15 is 0 Å². The summed E-state index contributed by atoms with van der Waals surface area (Å²) in [5.41, 5.74) is 1.88. The Kier molecular flexibility index (Phi) is 6.58. The molecule has 1 saturated heterocycles. The number of amides is 1. The van der Waals surface area contributed by atoms with Gasteiger partial charge in [-0.05, 0) is 43.2 Å². The van der Waals surface area contributed by atoms with Crippen LogP contribution in [0.2, 0.25) is 0 Å². The van der Waals surface area contributed by atoms with E-state index in [0.29, 0.717) is 53.8 Å². The van der Waals surface area contributed by atoms with Crippen LogP contribution in [0.25, 0.3) is 22.5 Å². The SMILES string of the molecule is O=C(c1cncnc1)N1CCC(n2c(=O)n(Cc3ccc(-c4nnc(C(F)F)o4)cn3)c3cc(F)ccc32)CC1. The molecule has 0 N–H and O–H groups in total. The molecule has 0 unspecified atom stereocenters. The maximum Gasteiger partial charge on any atom is 0.329 e. The molecule has 0 aliphatic carbocycles. The number of imidazole rings is 1. The first-order valence-corrected chi connectivity index (χ1v) is 12.4. The number of aromatic nitrogens is 7. The monoisotopic (exact) mass is 550 g/mol. The van der Waals surface area contributed by atoms with Crippen LogP contribution in [0.4, 0.5) is 13.2 Å². The van der Waals surface area contributed by atoms with Crippen molar-refractivity contribution in [1.82, 2.24) is 39.2 Å². The van der Waals surface area contributed by atoms with Gasteiger partial charge in [0.25, 0.3) is 11.8 Å². The standard InChI is InChI=1S/C26H21F3N8O3/c27-17-2-4-20-21(9-17)36(13-18-3-1-15(12-32-18)23-33-34-24(40-23)22(28)29)26(39)37(20)19-5-7-35(8-6-19)25(38)16-10-30-14-31-11-16/h1-4,9-12,14,19,22H,5-8,13H2. The lowest BCUT2D eigenvalue weighted by molar-refractivity contribution is 0.0693. The number of alkyl halides is 2. The maximum absolute atomic E-state index is 14.3. The normalized spacial score (nSPS) is 14.3. The van der Waals surface area contributed by atoms with Crippen LogP contribution in [0.5, 0.6) is 0 Å². The first-order valence-electron chi connectivity index (χ1n) is 12.4.